The monoisotopic (exact) mass is 443 g/mol. The predicted octanol–water partition coefficient (Wildman–Crippen LogP) is 5.07. The van der Waals surface area contributed by atoms with Crippen LogP contribution in [-0.2, 0) is 4.79 Å². The average molecular weight is 444 g/mol. The summed E-state index contributed by atoms with van der Waals surface area (Å²) in [4.78, 5) is 29.8. The number of thioether (sulfide) groups is 1. The fourth-order valence-corrected chi connectivity index (χ4v) is 4.21. The van der Waals surface area contributed by atoms with Crippen molar-refractivity contribution in [2.75, 3.05) is 12.3 Å². The van der Waals surface area contributed by atoms with Crippen molar-refractivity contribution < 1.29 is 4.79 Å². The maximum Gasteiger partial charge on any atom is 0.266 e. The SMILES string of the molecule is CC(C)CNC(=O)CCCCSc1nc2ccccc2c(=O)n1-c1cccc(Cl)c1. The van der Waals surface area contributed by atoms with Crippen LogP contribution in [0.1, 0.15) is 33.1 Å². The highest BCUT2D eigenvalue weighted by Crippen LogP contribution is 2.23. The van der Waals surface area contributed by atoms with E-state index in [0.29, 0.717) is 45.7 Å². The van der Waals surface area contributed by atoms with Crippen LogP contribution in [0.5, 0.6) is 0 Å². The number of nitrogens with zero attached hydrogens (tertiary/aromatic N) is 2. The maximum atomic E-state index is 13.2. The first kappa shape index (κ1) is 22.4. The minimum absolute atomic E-state index is 0.0911. The summed E-state index contributed by atoms with van der Waals surface area (Å²) in [5.41, 5.74) is 1.26. The first-order valence-electron chi connectivity index (χ1n) is 10.1. The first-order valence-corrected chi connectivity index (χ1v) is 11.5. The second-order valence-corrected chi connectivity index (χ2v) is 9.03. The molecule has 3 rings (SSSR count). The third-order valence-corrected chi connectivity index (χ3v) is 5.81. The largest absolute Gasteiger partial charge is 0.356 e. The lowest BCUT2D eigenvalue weighted by molar-refractivity contribution is -0.121. The van der Waals surface area contributed by atoms with E-state index in [1.54, 1.807) is 22.8 Å². The summed E-state index contributed by atoms with van der Waals surface area (Å²) in [5.74, 6) is 1.31. The lowest BCUT2D eigenvalue weighted by Crippen LogP contribution is -2.26. The zero-order valence-corrected chi connectivity index (χ0v) is 18.8. The van der Waals surface area contributed by atoms with Gasteiger partial charge < -0.3 is 5.32 Å². The summed E-state index contributed by atoms with van der Waals surface area (Å²) in [6.45, 7) is 4.86. The Morgan fingerprint density at radius 1 is 1.17 bits per heavy atom. The van der Waals surface area contributed by atoms with Crippen molar-refractivity contribution in [2.24, 2.45) is 5.92 Å². The van der Waals surface area contributed by atoms with Gasteiger partial charge in [0.2, 0.25) is 5.91 Å². The van der Waals surface area contributed by atoms with Crippen molar-refractivity contribution in [1.82, 2.24) is 14.9 Å². The molecule has 0 spiro atoms. The number of nitrogens with one attached hydrogen (secondary N) is 1. The molecule has 3 aromatic rings. The normalized spacial score (nSPS) is 11.2. The van der Waals surface area contributed by atoms with E-state index in [2.05, 4.69) is 19.2 Å². The number of hydrogen-bond donors (Lipinski definition) is 1. The van der Waals surface area contributed by atoms with Crippen molar-refractivity contribution in [3.63, 3.8) is 0 Å². The molecule has 7 heteroatoms. The molecule has 158 valence electrons. The molecule has 0 unspecified atom stereocenters. The van der Waals surface area contributed by atoms with Gasteiger partial charge in [-0.25, -0.2) is 4.98 Å². The fraction of sp³-hybridized carbons (Fsp3) is 0.348. The maximum absolute atomic E-state index is 13.2. The quantitative estimate of drug-likeness (QED) is 0.285. The Bertz CT molecular complexity index is 1080. The third kappa shape index (κ3) is 5.86. The summed E-state index contributed by atoms with van der Waals surface area (Å²) in [7, 11) is 0. The van der Waals surface area contributed by atoms with E-state index >= 15 is 0 Å². The van der Waals surface area contributed by atoms with Gasteiger partial charge in [-0.2, -0.15) is 0 Å². The van der Waals surface area contributed by atoms with Gasteiger partial charge in [0, 0.05) is 23.7 Å². The highest BCUT2D eigenvalue weighted by Gasteiger charge is 2.13. The van der Waals surface area contributed by atoms with E-state index in [0.717, 1.165) is 18.6 Å². The molecule has 1 N–H and O–H groups in total. The number of unbranched alkanes of at least 4 members (excludes halogenated alkanes) is 1. The van der Waals surface area contributed by atoms with Crippen molar-refractivity contribution in [3.8, 4) is 5.69 Å². The Balaban J connectivity index is 1.74. The van der Waals surface area contributed by atoms with Gasteiger partial charge in [-0.15, -0.1) is 0 Å². The number of halogens is 1. The first-order chi connectivity index (χ1) is 14.5. The third-order valence-electron chi connectivity index (χ3n) is 4.55. The number of carbonyl (C=O) groups is 1. The van der Waals surface area contributed by atoms with Gasteiger partial charge in [-0.1, -0.05) is 55.4 Å². The van der Waals surface area contributed by atoms with Gasteiger partial charge in [-0.3, -0.25) is 14.2 Å². The standard InChI is InChI=1S/C23H26ClN3O2S/c1-16(2)15-25-21(28)12-5-6-13-30-23-26-20-11-4-3-10-19(20)22(29)27(23)18-9-7-8-17(24)14-18/h3-4,7-11,14,16H,5-6,12-13,15H2,1-2H3,(H,25,28). The lowest BCUT2D eigenvalue weighted by Gasteiger charge is -2.13. The summed E-state index contributed by atoms with van der Waals surface area (Å²) < 4.78 is 1.62. The highest BCUT2D eigenvalue weighted by atomic mass is 35.5. The Kier molecular flexibility index (Phi) is 7.94. The van der Waals surface area contributed by atoms with E-state index in [9.17, 15) is 9.59 Å². The molecule has 1 amide bonds. The van der Waals surface area contributed by atoms with Crippen LogP contribution in [0.15, 0.2) is 58.5 Å². The number of amides is 1. The summed E-state index contributed by atoms with van der Waals surface area (Å²) in [5, 5.41) is 4.71. The zero-order valence-electron chi connectivity index (χ0n) is 17.2. The molecule has 0 fully saturated rings. The Hall–Kier alpha value is -2.31. The van der Waals surface area contributed by atoms with Crippen LogP contribution >= 0.6 is 23.4 Å². The molecule has 0 aliphatic heterocycles. The molecule has 5 nitrogen and oxygen atoms in total. The molecular formula is C23H26ClN3O2S. The topological polar surface area (TPSA) is 64.0 Å². The van der Waals surface area contributed by atoms with E-state index in [-0.39, 0.29) is 11.5 Å². The average Bonchev–Trinajstić information content (AvgIpc) is 2.72. The Labute approximate surface area is 185 Å². The second-order valence-electron chi connectivity index (χ2n) is 7.54. The molecule has 1 aromatic heterocycles. The van der Waals surface area contributed by atoms with Gasteiger partial charge >= 0.3 is 0 Å². The highest BCUT2D eigenvalue weighted by molar-refractivity contribution is 7.99. The van der Waals surface area contributed by atoms with Gasteiger partial charge in [-0.05, 0) is 49.1 Å². The van der Waals surface area contributed by atoms with Gasteiger partial charge in [0.1, 0.15) is 0 Å². The van der Waals surface area contributed by atoms with E-state index in [1.165, 1.54) is 11.8 Å². The molecule has 2 aromatic carbocycles. The van der Waals surface area contributed by atoms with Crippen LogP contribution in [0.25, 0.3) is 16.6 Å². The molecule has 1 heterocycles. The zero-order chi connectivity index (χ0) is 21.5. The molecule has 0 saturated heterocycles. The number of rotatable bonds is 9. The molecule has 30 heavy (non-hydrogen) atoms. The molecule has 0 radical (unpaired) electrons. The molecular weight excluding hydrogens is 418 g/mol. The number of aromatic nitrogens is 2. The second kappa shape index (κ2) is 10.6. The smallest absolute Gasteiger partial charge is 0.266 e. The van der Waals surface area contributed by atoms with Crippen molar-refractivity contribution in [3.05, 3.63) is 63.9 Å². The van der Waals surface area contributed by atoms with E-state index in [4.69, 9.17) is 16.6 Å². The van der Waals surface area contributed by atoms with Crippen molar-refractivity contribution >= 4 is 40.2 Å². The molecule has 0 aliphatic carbocycles. The molecule has 0 aliphatic rings. The van der Waals surface area contributed by atoms with Gasteiger partial charge in [0.05, 0.1) is 16.6 Å². The number of para-hydroxylation sites is 1. The predicted molar refractivity (Wildman–Crippen MR) is 125 cm³/mol. The van der Waals surface area contributed by atoms with Crippen LogP contribution in [0.4, 0.5) is 0 Å². The van der Waals surface area contributed by atoms with Crippen molar-refractivity contribution in [1.29, 1.82) is 0 Å². The van der Waals surface area contributed by atoms with Gasteiger partial charge in [0.15, 0.2) is 5.16 Å². The summed E-state index contributed by atoms with van der Waals surface area (Å²) in [6.07, 6.45) is 2.17. The lowest BCUT2D eigenvalue weighted by atomic mass is 10.2. The molecule has 0 bridgehead atoms. The van der Waals surface area contributed by atoms with E-state index < -0.39 is 0 Å². The van der Waals surface area contributed by atoms with Crippen LogP contribution in [0, 0.1) is 5.92 Å². The fourth-order valence-electron chi connectivity index (χ4n) is 3.01. The summed E-state index contributed by atoms with van der Waals surface area (Å²) >= 11 is 7.68. The molecule has 0 atom stereocenters. The number of hydrogen-bond acceptors (Lipinski definition) is 4. The van der Waals surface area contributed by atoms with Crippen LogP contribution < -0.4 is 10.9 Å². The van der Waals surface area contributed by atoms with Gasteiger partial charge in [0.25, 0.3) is 5.56 Å². The van der Waals surface area contributed by atoms with Crippen LogP contribution in [0.3, 0.4) is 0 Å². The Morgan fingerprint density at radius 3 is 2.73 bits per heavy atom. The number of benzene rings is 2. The molecule has 0 saturated carbocycles. The summed E-state index contributed by atoms with van der Waals surface area (Å²) in [6, 6.07) is 14.6. The minimum atomic E-state index is -0.113. The number of fused-ring (bicyclic) bond motifs is 1. The van der Waals surface area contributed by atoms with E-state index in [1.807, 2.05) is 30.3 Å². The van der Waals surface area contributed by atoms with Crippen molar-refractivity contribution in [2.45, 2.75) is 38.3 Å². The number of carbonyl (C=O) groups excluding carboxylic acids is 1. The van der Waals surface area contributed by atoms with Crippen LogP contribution in [0.2, 0.25) is 5.02 Å². The minimum Gasteiger partial charge on any atom is -0.356 e. The Morgan fingerprint density at radius 2 is 1.97 bits per heavy atom. The van der Waals surface area contributed by atoms with Crippen LogP contribution in [-0.4, -0.2) is 27.8 Å².